The molecule has 0 aliphatic rings. The smallest absolute Gasteiger partial charge is 0.138 e. The number of hydrogen-bond donors (Lipinski definition) is 2. The molecule has 4 nitrogen and oxygen atoms in total. The van der Waals surface area contributed by atoms with Gasteiger partial charge in [0.1, 0.15) is 18.0 Å². The standard InChI is InChI=1S/C15H14N4/c1-10-14(16)17-9-18-15(10)19-13-7-6-11-4-2-3-5-12(11)8-13/h2-9H,1H3,(H3,16,17,18,19). The van der Waals surface area contributed by atoms with Gasteiger partial charge in [-0.1, -0.05) is 30.3 Å². The second-order valence-electron chi connectivity index (χ2n) is 4.42. The van der Waals surface area contributed by atoms with Crippen LogP contribution in [0.2, 0.25) is 0 Å². The Hall–Kier alpha value is -2.62. The molecule has 0 bridgehead atoms. The highest BCUT2D eigenvalue weighted by Gasteiger charge is 2.04. The molecule has 1 heterocycles. The molecule has 0 atom stereocenters. The van der Waals surface area contributed by atoms with Crippen molar-refractivity contribution in [2.45, 2.75) is 6.92 Å². The number of nitrogens with two attached hydrogens (primary N) is 1. The van der Waals surface area contributed by atoms with E-state index >= 15 is 0 Å². The van der Waals surface area contributed by atoms with Crippen LogP contribution in [0.4, 0.5) is 17.3 Å². The van der Waals surface area contributed by atoms with E-state index in [9.17, 15) is 0 Å². The molecule has 3 N–H and O–H groups in total. The SMILES string of the molecule is Cc1c(N)ncnc1Nc1ccc2ccccc2c1. The van der Waals surface area contributed by atoms with Crippen LogP contribution in [0.5, 0.6) is 0 Å². The molecule has 94 valence electrons. The fourth-order valence-corrected chi connectivity index (χ4v) is 1.99. The van der Waals surface area contributed by atoms with Crippen LogP contribution in [0.25, 0.3) is 10.8 Å². The Kier molecular flexibility index (Phi) is 2.76. The molecule has 0 spiro atoms. The Morgan fingerprint density at radius 3 is 2.63 bits per heavy atom. The van der Waals surface area contributed by atoms with Crippen molar-refractivity contribution < 1.29 is 0 Å². The minimum atomic E-state index is 0.498. The van der Waals surface area contributed by atoms with Crippen LogP contribution in [-0.4, -0.2) is 9.97 Å². The van der Waals surface area contributed by atoms with Crippen LogP contribution >= 0.6 is 0 Å². The first-order valence-electron chi connectivity index (χ1n) is 6.07. The molecular weight excluding hydrogens is 236 g/mol. The maximum atomic E-state index is 5.77. The van der Waals surface area contributed by atoms with Crippen LogP contribution in [0.15, 0.2) is 48.8 Å². The van der Waals surface area contributed by atoms with Gasteiger partial charge < -0.3 is 11.1 Å². The summed E-state index contributed by atoms with van der Waals surface area (Å²) >= 11 is 0. The predicted octanol–water partition coefficient (Wildman–Crippen LogP) is 3.26. The third kappa shape index (κ3) is 2.20. The highest BCUT2D eigenvalue weighted by atomic mass is 15.0. The minimum Gasteiger partial charge on any atom is -0.383 e. The summed E-state index contributed by atoms with van der Waals surface area (Å²) < 4.78 is 0. The van der Waals surface area contributed by atoms with Gasteiger partial charge in [-0.25, -0.2) is 9.97 Å². The van der Waals surface area contributed by atoms with Crippen LogP contribution in [0.1, 0.15) is 5.56 Å². The topological polar surface area (TPSA) is 63.8 Å². The second kappa shape index (κ2) is 4.57. The summed E-state index contributed by atoms with van der Waals surface area (Å²) in [4.78, 5) is 8.17. The zero-order valence-corrected chi connectivity index (χ0v) is 10.6. The van der Waals surface area contributed by atoms with Crippen molar-refractivity contribution in [2.75, 3.05) is 11.1 Å². The van der Waals surface area contributed by atoms with Crippen molar-refractivity contribution in [1.29, 1.82) is 0 Å². The fourth-order valence-electron chi connectivity index (χ4n) is 1.99. The van der Waals surface area contributed by atoms with E-state index in [1.54, 1.807) is 0 Å². The first-order valence-corrected chi connectivity index (χ1v) is 6.07. The van der Waals surface area contributed by atoms with Gasteiger partial charge in [0, 0.05) is 11.3 Å². The molecule has 0 fully saturated rings. The second-order valence-corrected chi connectivity index (χ2v) is 4.42. The first kappa shape index (κ1) is 11.5. The van der Waals surface area contributed by atoms with E-state index in [0.717, 1.165) is 17.1 Å². The Balaban J connectivity index is 1.99. The summed E-state index contributed by atoms with van der Waals surface area (Å²) in [6, 6.07) is 14.4. The summed E-state index contributed by atoms with van der Waals surface area (Å²) in [5.74, 6) is 1.24. The molecule has 3 rings (SSSR count). The predicted molar refractivity (Wildman–Crippen MR) is 78.4 cm³/mol. The number of anilines is 3. The van der Waals surface area contributed by atoms with Gasteiger partial charge >= 0.3 is 0 Å². The van der Waals surface area contributed by atoms with E-state index in [-0.39, 0.29) is 0 Å². The van der Waals surface area contributed by atoms with Gasteiger partial charge in [0.2, 0.25) is 0 Å². The van der Waals surface area contributed by atoms with Crippen molar-refractivity contribution in [3.63, 3.8) is 0 Å². The minimum absolute atomic E-state index is 0.498. The molecule has 0 saturated heterocycles. The van der Waals surface area contributed by atoms with Crippen molar-refractivity contribution in [1.82, 2.24) is 9.97 Å². The van der Waals surface area contributed by atoms with Crippen molar-refractivity contribution in [2.24, 2.45) is 0 Å². The lowest BCUT2D eigenvalue weighted by molar-refractivity contribution is 1.14. The largest absolute Gasteiger partial charge is 0.383 e. The number of fused-ring (bicyclic) bond motifs is 1. The van der Waals surface area contributed by atoms with Crippen LogP contribution in [-0.2, 0) is 0 Å². The van der Waals surface area contributed by atoms with Crippen molar-refractivity contribution >= 4 is 28.1 Å². The molecule has 3 aromatic rings. The molecule has 0 unspecified atom stereocenters. The summed E-state index contributed by atoms with van der Waals surface area (Å²) in [5, 5.41) is 5.68. The van der Waals surface area contributed by atoms with Gasteiger partial charge in [0.15, 0.2) is 0 Å². The molecule has 0 aliphatic carbocycles. The average molecular weight is 250 g/mol. The lowest BCUT2D eigenvalue weighted by Crippen LogP contribution is -2.01. The zero-order chi connectivity index (χ0) is 13.2. The van der Waals surface area contributed by atoms with E-state index in [1.807, 2.05) is 25.1 Å². The zero-order valence-electron chi connectivity index (χ0n) is 10.6. The van der Waals surface area contributed by atoms with Gasteiger partial charge in [-0.05, 0) is 29.8 Å². The normalized spacial score (nSPS) is 10.6. The van der Waals surface area contributed by atoms with Gasteiger partial charge in [-0.3, -0.25) is 0 Å². The number of aromatic nitrogens is 2. The molecule has 0 radical (unpaired) electrons. The molecule has 0 aliphatic heterocycles. The Labute approximate surface area is 111 Å². The van der Waals surface area contributed by atoms with Gasteiger partial charge in [0.25, 0.3) is 0 Å². The molecule has 1 aromatic heterocycles. The summed E-state index contributed by atoms with van der Waals surface area (Å²) in [7, 11) is 0. The average Bonchev–Trinajstić information content (AvgIpc) is 2.44. The van der Waals surface area contributed by atoms with E-state index < -0.39 is 0 Å². The number of rotatable bonds is 2. The number of hydrogen-bond acceptors (Lipinski definition) is 4. The van der Waals surface area contributed by atoms with Crippen molar-refractivity contribution in [3.8, 4) is 0 Å². The molecule has 2 aromatic carbocycles. The van der Waals surface area contributed by atoms with E-state index in [2.05, 4.69) is 39.6 Å². The monoisotopic (exact) mass is 250 g/mol. The van der Waals surface area contributed by atoms with Gasteiger partial charge in [-0.2, -0.15) is 0 Å². The Morgan fingerprint density at radius 2 is 1.79 bits per heavy atom. The summed E-state index contributed by atoms with van der Waals surface area (Å²) in [6.45, 7) is 1.90. The number of benzene rings is 2. The molecular formula is C15H14N4. The Morgan fingerprint density at radius 1 is 1.00 bits per heavy atom. The summed E-state index contributed by atoms with van der Waals surface area (Å²) in [5.41, 5.74) is 7.62. The molecule has 4 heteroatoms. The third-order valence-corrected chi connectivity index (χ3v) is 3.14. The van der Waals surface area contributed by atoms with E-state index in [1.165, 1.54) is 17.1 Å². The van der Waals surface area contributed by atoms with Crippen LogP contribution in [0, 0.1) is 6.92 Å². The third-order valence-electron chi connectivity index (χ3n) is 3.14. The highest BCUT2D eigenvalue weighted by molar-refractivity contribution is 5.86. The quantitative estimate of drug-likeness (QED) is 0.732. The van der Waals surface area contributed by atoms with Gasteiger partial charge in [-0.15, -0.1) is 0 Å². The number of nitrogens with zero attached hydrogens (tertiary/aromatic N) is 2. The molecule has 0 amide bonds. The van der Waals surface area contributed by atoms with E-state index in [0.29, 0.717) is 5.82 Å². The van der Waals surface area contributed by atoms with Crippen molar-refractivity contribution in [3.05, 3.63) is 54.4 Å². The van der Waals surface area contributed by atoms with Crippen LogP contribution < -0.4 is 11.1 Å². The molecule has 0 saturated carbocycles. The lowest BCUT2D eigenvalue weighted by atomic mass is 10.1. The summed E-state index contributed by atoms with van der Waals surface area (Å²) in [6.07, 6.45) is 1.46. The number of nitrogens with one attached hydrogen (secondary N) is 1. The highest BCUT2D eigenvalue weighted by Crippen LogP contribution is 2.24. The maximum Gasteiger partial charge on any atom is 0.138 e. The molecule has 19 heavy (non-hydrogen) atoms. The fraction of sp³-hybridized carbons (Fsp3) is 0.0667. The Bertz CT molecular complexity index is 737. The maximum absolute atomic E-state index is 5.77. The van der Waals surface area contributed by atoms with Crippen LogP contribution in [0.3, 0.4) is 0 Å². The number of nitrogen functional groups attached to an aromatic ring is 1. The van der Waals surface area contributed by atoms with E-state index in [4.69, 9.17) is 5.73 Å². The lowest BCUT2D eigenvalue weighted by Gasteiger charge is -2.10. The van der Waals surface area contributed by atoms with Gasteiger partial charge in [0.05, 0.1) is 0 Å². The first-order chi connectivity index (χ1) is 9.24.